The largest absolute Gasteiger partial charge is 0.388 e. The molecule has 4 nitrogen and oxygen atoms in total. The first kappa shape index (κ1) is 11.4. The van der Waals surface area contributed by atoms with E-state index in [0.29, 0.717) is 17.7 Å². The molecule has 4 heteroatoms. The van der Waals surface area contributed by atoms with Gasteiger partial charge in [0, 0.05) is 12.5 Å². The van der Waals surface area contributed by atoms with Crippen LogP contribution < -0.4 is 0 Å². The van der Waals surface area contributed by atoms with Crippen molar-refractivity contribution in [2.24, 2.45) is 0 Å². The summed E-state index contributed by atoms with van der Waals surface area (Å²) >= 11 is 0. The van der Waals surface area contributed by atoms with Crippen molar-refractivity contribution >= 4 is 0 Å². The molecule has 2 atom stereocenters. The first-order chi connectivity index (χ1) is 8.85. The quantitative estimate of drug-likeness (QED) is 0.894. The molecular weight excluding hydrogens is 226 g/mol. The number of hydrogen-bond donors (Lipinski definition) is 1. The molecule has 3 rings (SSSR count). The van der Waals surface area contributed by atoms with Crippen molar-refractivity contribution in [3.63, 3.8) is 0 Å². The highest BCUT2D eigenvalue weighted by molar-refractivity contribution is 5.31. The zero-order valence-corrected chi connectivity index (χ0v) is 10.5. The van der Waals surface area contributed by atoms with E-state index in [4.69, 9.17) is 0 Å². The molecule has 18 heavy (non-hydrogen) atoms. The van der Waals surface area contributed by atoms with E-state index in [2.05, 4.69) is 41.4 Å². The number of benzene rings is 1. The van der Waals surface area contributed by atoms with Crippen molar-refractivity contribution in [1.82, 2.24) is 14.8 Å². The maximum atomic E-state index is 9.22. The van der Waals surface area contributed by atoms with Crippen LogP contribution in [0.15, 0.2) is 30.3 Å². The summed E-state index contributed by atoms with van der Waals surface area (Å²) in [5, 5.41) is 17.5. The number of aromatic nitrogens is 3. The molecular formula is C14H17N3O. The van der Waals surface area contributed by atoms with Crippen LogP contribution in [0.25, 0.3) is 0 Å². The van der Waals surface area contributed by atoms with Gasteiger partial charge in [-0.25, -0.2) is 0 Å². The highest BCUT2D eigenvalue weighted by Gasteiger charge is 2.43. The molecule has 94 valence electrons. The summed E-state index contributed by atoms with van der Waals surface area (Å²) in [4.78, 5) is 0. The Labute approximate surface area is 106 Å². The van der Waals surface area contributed by atoms with E-state index in [1.54, 1.807) is 0 Å². The van der Waals surface area contributed by atoms with Gasteiger partial charge in [-0.1, -0.05) is 30.3 Å². The van der Waals surface area contributed by atoms with Crippen LogP contribution in [0, 0.1) is 0 Å². The molecule has 1 saturated carbocycles. The van der Waals surface area contributed by atoms with Crippen LogP contribution in [-0.4, -0.2) is 19.9 Å². The second-order valence-corrected chi connectivity index (χ2v) is 4.74. The maximum absolute atomic E-state index is 9.22. The zero-order chi connectivity index (χ0) is 12.5. The van der Waals surface area contributed by atoms with Gasteiger partial charge in [-0.3, -0.25) is 0 Å². The summed E-state index contributed by atoms with van der Waals surface area (Å²) in [5.74, 6) is 2.72. The maximum Gasteiger partial charge on any atom is 0.158 e. The lowest BCUT2D eigenvalue weighted by molar-refractivity contribution is 0.264. The molecule has 1 heterocycles. The molecule has 0 radical (unpaired) electrons. The minimum Gasteiger partial charge on any atom is -0.388 e. The fraction of sp³-hybridized carbons (Fsp3) is 0.429. The summed E-state index contributed by atoms with van der Waals surface area (Å²) in [6.45, 7) is 2.84. The van der Waals surface area contributed by atoms with Crippen LogP contribution >= 0.6 is 0 Å². The molecule has 0 spiro atoms. The van der Waals surface area contributed by atoms with Crippen molar-refractivity contribution in [1.29, 1.82) is 0 Å². The van der Waals surface area contributed by atoms with Crippen molar-refractivity contribution in [2.75, 3.05) is 0 Å². The Morgan fingerprint density at radius 3 is 2.67 bits per heavy atom. The Hall–Kier alpha value is -1.68. The van der Waals surface area contributed by atoms with Gasteiger partial charge < -0.3 is 9.67 Å². The van der Waals surface area contributed by atoms with E-state index in [1.807, 2.05) is 10.6 Å². The van der Waals surface area contributed by atoms with Gasteiger partial charge in [0.2, 0.25) is 0 Å². The van der Waals surface area contributed by atoms with Crippen LogP contribution in [0.5, 0.6) is 0 Å². The molecule has 1 aromatic carbocycles. The summed E-state index contributed by atoms with van der Waals surface area (Å²) in [7, 11) is 0. The molecule has 0 aliphatic heterocycles. The van der Waals surface area contributed by atoms with Gasteiger partial charge in [-0.05, 0) is 24.8 Å². The van der Waals surface area contributed by atoms with Crippen LogP contribution in [0.2, 0.25) is 0 Å². The Morgan fingerprint density at radius 1 is 1.22 bits per heavy atom. The van der Waals surface area contributed by atoms with Crippen molar-refractivity contribution in [3.05, 3.63) is 47.5 Å². The molecule has 2 aromatic rings. The van der Waals surface area contributed by atoms with Crippen molar-refractivity contribution in [2.45, 2.75) is 38.3 Å². The number of aliphatic hydroxyl groups excluding tert-OH is 1. The third-order valence-corrected chi connectivity index (χ3v) is 3.66. The monoisotopic (exact) mass is 243 g/mol. The fourth-order valence-electron chi connectivity index (χ4n) is 2.63. The fourth-order valence-corrected chi connectivity index (χ4v) is 2.63. The lowest BCUT2D eigenvalue weighted by Crippen LogP contribution is -2.05. The number of hydrogen-bond acceptors (Lipinski definition) is 3. The summed E-state index contributed by atoms with van der Waals surface area (Å²) in [5.41, 5.74) is 1.37. The Kier molecular flexibility index (Phi) is 2.88. The van der Waals surface area contributed by atoms with Gasteiger partial charge in [-0.15, -0.1) is 10.2 Å². The van der Waals surface area contributed by atoms with E-state index in [-0.39, 0.29) is 6.61 Å². The first-order valence-electron chi connectivity index (χ1n) is 6.43. The topological polar surface area (TPSA) is 50.9 Å². The summed E-state index contributed by atoms with van der Waals surface area (Å²) < 4.78 is 2.04. The molecule has 1 fully saturated rings. The van der Waals surface area contributed by atoms with E-state index in [9.17, 15) is 5.11 Å². The molecule has 1 aliphatic rings. The van der Waals surface area contributed by atoms with Gasteiger partial charge in [0.25, 0.3) is 0 Å². The standard InChI is InChI=1S/C14H17N3O/c1-2-17-13(9-18)15-16-14(17)12-8-11(12)10-6-4-3-5-7-10/h3-7,11-12,18H,2,8-9H2,1H3. The summed E-state index contributed by atoms with van der Waals surface area (Å²) in [6, 6.07) is 10.5. The lowest BCUT2D eigenvalue weighted by Gasteiger charge is -2.05. The van der Waals surface area contributed by atoms with E-state index >= 15 is 0 Å². The molecule has 1 aliphatic carbocycles. The highest BCUT2D eigenvalue weighted by atomic mass is 16.3. The minimum absolute atomic E-state index is 0.0381. The Balaban J connectivity index is 1.84. The van der Waals surface area contributed by atoms with E-state index in [0.717, 1.165) is 18.8 Å². The van der Waals surface area contributed by atoms with Gasteiger partial charge >= 0.3 is 0 Å². The second kappa shape index (κ2) is 4.53. The van der Waals surface area contributed by atoms with Gasteiger partial charge in [0.05, 0.1) is 0 Å². The number of rotatable bonds is 4. The van der Waals surface area contributed by atoms with Crippen LogP contribution in [-0.2, 0) is 13.2 Å². The molecule has 0 saturated heterocycles. The summed E-state index contributed by atoms with van der Waals surface area (Å²) in [6.07, 6.45) is 1.13. The second-order valence-electron chi connectivity index (χ2n) is 4.74. The van der Waals surface area contributed by atoms with Gasteiger partial charge in [0.15, 0.2) is 5.82 Å². The minimum atomic E-state index is -0.0381. The van der Waals surface area contributed by atoms with Gasteiger partial charge in [-0.2, -0.15) is 0 Å². The Morgan fingerprint density at radius 2 is 2.00 bits per heavy atom. The highest BCUT2D eigenvalue weighted by Crippen LogP contribution is 2.53. The van der Waals surface area contributed by atoms with Crippen molar-refractivity contribution in [3.8, 4) is 0 Å². The normalized spacial score (nSPS) is 22.1. The lowest BCUT2D eigenvalue weighted by atomic mass is 10.1. The predicted molar refractivity (Wildman–Crippen MR) is 68.2 cm³/mol. The van der Waals surface area contributed by atoms with Gasteiger partial charge in [0.1, 0.15) is 12.4 Å². The van der Waals surface area contributed by atoms with E-state index < -0.39 is 0 Å². The number of aliphatic hydroxyl groups is 1. The molecule has 0 bridgehead atoms. The van der Waals surface area contributed by atoms with Crippen molar-refractivity contribution < 1.29 is 5.11 Å². The molecule has 2 unspecified atom stereocenters. The zero-order valence-electron chi connectivity index (χ0n) is 10.5. The third kappa shape index (κ3) is 1.82. The first-order valence-corrected chi connectivity index (χ1v) is 6.43. The molecule has 0 amide bonds. The predicted octanol–water partition coefficient (Wildman–Crippen LogP) is 2.06. The average Bonchev–Trinajstić information content (AvgIpc) is 3.12. The SMILES string of the molecule is CCn1c(CO)nnc1C1CC1c1ccccc1. The van der Waals surface area contributed by atoms with Crippen LogP contribution in [0.3, 0.4) is 0 Å². The van der Waals surface area contributed by atoms with Crippen LogP contribution in [0.1, 0.15) is 42.4 Å². The third-order valence-electron chi connectivity index (χ3n) is 3.66. The molecule has 1 aromatic heterocycles. The Bertz CT molecular complexity index is 535. The van der Waals surface area contributed by atoms with Crippen LogP contribution in [0.4, 0.5) is 0 Å². The number of nitrogens with zero attached hydrogens (tertiary/aromatic N) is 3. The smallest absolute Gasteiger partial charge is 0.158 e. The average molecular weight is 243 g/mol. The molecule has 1 N–H and O–H groups in total. The van der Waals surface area contributed by atoms with E-state index in [1.165, 1.54) is 5.56 Å².